The van der Waals surface area contributed by atoms with Crippen molar-refractivity contribution in [2.45, 2.75) is 24.2 Å². The summed E-state index contributed by atoms with van der Waals surface area (Å²) in [5.74, 6) is -0.372. The van der Waals surface area contributed by atoms with E-state index in [0.29, 0.717) is 5.56 Å². The first-order valence-electron chi connectivity index (χ1n) is 10.2. The smallest absolute Gasteiger partial charge is 0.270 e. The molecule has 0 fully saturated rings. The highest BCUT2D eigenvalue weighted by Crippen LogP contribution is 2.28. The van der Waals surface area contributed by atoms with Crippen LogP contribution in [-0.2, 0) is 10.0 Å². The number of benzene rings is 3. The van der Waals surface area contributed by atoms with Gasteiger partial charge in [0.25, 0.3) is 15.9 Å². The third kappa shape index (κ3) is 5.16. The number of carbonyl (C=O) groups is 1. The van der Waals surface area contributed by atoms with Gasteiger partial charge < -0.3 is 0 Å². The minimum atomic E-state index is -4.02. The number of rotatable bonds is 7. The molecule has 0 radical (unpaired) electrons. The van der Waals surface area contributed by atoms with Gasteiger partial charge >= 0.3 is 0 Å². The maximum absolute atomic E-state index is 13.2. The Morgan fingerprint density at radius 2 is 1.48 bits per heavy atom. The molecule has 0 bridgehead atoms. The molecule has 1 atom stereocenters. The summed E-state index contributed by atoms with van der Waals surface area (Å²) in [4.78, 5) is 12.5. The molecular formula is C24H22N4O3S2. The number of sulfonamides is 1. The van der Waals surface area contributed by atoms with E-state index in [0.717, 1.165) is 33.6 Å². The number of hydrogen-bond acceptors (Lipinski definition) is 6. The topological polar surface area (TPSA) is 101 Å². The molecule has 0 saturated heterocycles. The maximum Gasteiger partial charge on any atom is 0.270 e. The number of aryl methyl sites for hydroxylation is 2. The molecule has 0 saturated carbocycles. The largest absolute Gasteiger partial charge is 0.296 e. The maximum atomic E-state index is 13.2. The molecular weight excluding hydrogens is 456 g/mol. The molecule has 1 aromatic heterocycles. The van der Waals surface area contributed by atoms with Crippen molar-refractivity contribution in [2.75, 3.05) is 5.32 Å². The average molecular weight is 479 g/mol. The summed E-state index contributed by atoms with van der Waals surface area (Å²) in [6, 6.07) is 23.4. The van der Waals surface area contributed by atoms with Gasteiger partial charge in [0.2, 0.25) is 9.47 Å². The van der Waals surface area contributed by atoms with Crippen LogP contribution in [0.3, 0.4) is 0 Å². The zero-order valence-corrected chi connectivity index (χ0v) is 19.7. The van der Waals surface area contributed by atoms with Crippen molar-refractivity contribution in [3.63, 3.8) is 0 Å². The lowest BCUT2D eigenvalue weighted by atomic mass is 9.96. The van der Waals surface area contributed by atoms with E-state index in [-0.39, 0.29) is 15.4 Å². The first-order valence-corrected chi connectivity index (χ1v) is 12.5. The summed E-state index contributed by atoms with van der Waals surface area (Å²) in [6.07, 6.45) is 0. The van der Waals surface area contributed by atoms with E-state index >= 15 is 0 Å². The lowest BCUT2D eigenvalue weighted by Crippen LogP contribution is -2.30. The molecule has 0 aliphatic carbocycles. The van der Waals surface area contributed by atoms with Crippen LogP contribution < -0.4 is 10.0 Å². The number of carbonyl (C=O) groups excluding carboxylic acids is 1. The summed E-state index contributed by atoms with van der Waals surface area (Å²) in [5, 5.41) is 10.4. The number of nitrogens with one attached hydrogen (secondary N) is 2. The van der Waals surface area contributed by atoms with Crippen LogP contribution in [-0.4, -0.2) is 24.5 Å². The molecule has 7 nitrogen and oxygen atoms in total. The van der Waals surface area contributed by atoms with E-state index in [9.17, 15) is 13.2 Å². The van der Waals surface area contributed by atoms with Crippen molar-refractivity contribution in [3.05, 3.63) is 107 Å². The van der Waals surface area contributed by atoms with Gasteiger partial charge in [-0.05, 0) is 42.2 Å². The second-order valence-corrected chi connectivity index (χ2v) is 10.3. The highest BCUT2D eigenvalue weighted by molar-refractivity contribution is 7.91. The lowest BCUT2D eigenvalue weighted by Gasteiger charge is -2.20. The Hall–Kier alpha value is -3.40. The van der Waals surface area contributed by atoms with Crippen LogP contribution in [0, 0.1) is 13.8 Å². The van der Waals surface area contributed by atoms with Crippen LogP contribution in [0.4, 0.5) is 5.13 Å². The van der Waals surface area contributed by atoms with Crippen LogP contribution in [0.15, 0.2) is 83.2 Å². The molecule has 1 heterocycles. The Labute approximate surface area is 196 Å². The van der Waals surface area contributed by atoms with Crippen LogP contribution in [0.5, 0.6) is 0 Å². The third-order valence-electron chi connectivity index (χ3n) is 5.15. The fourth-order valence-electron chi connectivity index (χ4n) is 3.43. The first kappa shape index (κ1) is 22.8. The van der Waals surface area contributed by atoms with Crippen LogP contribution >= 0.6 is 11.3 Å². The van der Waals surface area contributed by atoms with Gasteiger partial charge in [-0.15, -0.1) is 10.2 Å². The van der Waals surface area contributed by atoms with Crippen molar-refractivity contribution < 1.29 is 13.2 Å². The Balaban J connectivity index is 1.60. The van der Waals surface area contributed by atoms with Crippen molar-refractivity contribution >= 4 is 32.4 Å². The number of amides is 1. The predicted molar refractivity (Wildman–Crippen MR) is 129 cm³/mol. The van der Waals surface area contributed by atoms with Crippen molar-refractivity contribution in [1.29, 1.82) is 0 Å². The van der Waals surface area contributed by atoms with E-state index in [2.05, 4.69) is 20.2 Å². The lowest BCUT2D eigenvalue weighted by molar-refractivity contribution is 0.102. The van der Waals surface area contributed by atoms with E-state index in [4.69, 9.17) is 0 Å². The van der Waals surface area contributed by atoms with Gasteiger partial charge in [-0.3, -0.25) is 10.1 Å². The van der Waals surface area contributed by atoms with Gasteiger partial charge in [0.15, 0.2) is 0 Å². The van der Waals surface area contributed by atoms with Gasteiger partial charge in [0, 0.05) is 5.56 Å². The van der Waals surface area contributed by atoms with Crippen molar-refractivity contribution in [3.8, 4) is 0 Å². The molecule has 2 N–H and O–H groups in total. The molecule has 3 aromatic carbocycles. The van der Waals surface area contributed by atoms with Crippen LogP contribution in [0.1, 0.15) is 38.7 Å². The third-order valence-corrected chi connectivity index (χ3v) is 7.78. The minimum Gasteiger partial charge on any atom is -0.296 e. The molecule has 1 amide bonds. The second-order valence-electron chi connectivity index (χ2n) is 7.46. The van der Waals surface area contributed by atoms with E-state index < -0.39 is 16.1 Å². The SMILES string of the molecule is Cc1ccccc1C(=O)Nc1nnc(S(=O)(=O)NC(c2ccccc2)c2ccccc2C)s1. The Kier molecular flexibility index (Phi) is 6.64. The summed E-state index contributed by atoms with van der Waals surface area (Å²) >= 11 is 0.801. The first-order chi connectivity index (χ1) is 15.8. The number of hydrogen-bond donors (Lipinski definition) is 2. The van der Waals surface area contributed by atoms with Crippen LogP contribution in [0.2, 0.25) is 0 Å². The van der Waals surface area contributed by atoms with Gasteiger partial charge in [-0.25, -0.2) is 8.42 Å². The molecule has 0 aliphatic heterocycles. The molecule has 0 aliphatic rings. The summed E-state index contributed by atoms with van der Waals surface area (Å²) in [7, 11) is -4.02. The Morgan fingerprint density at radius 3 is 2.18 bits per heavy atom. The summed E-state index contributed by atoms with van der Waals surface area (Å²) < 4.78 is 28.9. The number of nitrogens with zero attached hydrogens (tertiary/aromatic N) is 2. The predicted octanol–water partition coefficient (Wildman–Crippen LogP) is 4.48. The molecule has 4 aromatic rings. The van der Waals surface area contributed by atoms with E-state index in [1.807, 2.05) is 80.6 Å². The molecule has 9 heteroatoms. The zero-order chi connectivity index (χ0) is 23.4. The Bertz CT molecular complexity index is 1390. The van der Waals surface area contributed by atoms with Gasteiger partial charge in [-0.1, -0.05) is 84.1 Å². The van der Waals surface area contributed by atoms with E-state index in [1.165, 1.54) is 0 Å². The normalized spacial score (nSPS) is 12.3. The second kappa shape index (κ2) is 9.62. The average Bonchev–Trinajstić information content (AvgIpc) is 3.28. The molecule has 0 spiro atoms. The highest BCUT2D eigenvalue weighted by Gasteiger charge is 2.27. The van der Waals surface area contributed by atoms with Crippen molar-refractivity contribution in [2.24, 2.45) is 0 Å². The summed E-state index contributed by atoms with van der Waals surface area (Å²) in [6.45, 7) is 3.76. The van der Waals surface area contributed by atoms with Gasteiger partial charge in [0.05, 0.1) is 6.04 Å². The molecule has 4 rings (SSSR count). The summed E-state index contributed by atoms with van der Waals surface area (Å²) in [5.41, 5.74) is 3.88. The standard InChI is InChI=1S/C24H22N4O3S2/c1-16-10-6-8-14-19(16)21(18-12-4-3-5-13-18)28-33(30,31)24-27-26-23(32-24)25-22(29)20-15-9-7-11-17(20)2/h3-15,21,28H,1-2H3,(H,25,26,29). The van der Waals surface area contributed by atoms with Gasteiger partial charge in [-0.2, -0.15) is 4.72 Å². The zero-order valence-electron chi connectivity index (χ0n) is 18.0. The number of aromatic nitrogens is 2. The fraction of sp³-hybridized carbons (Fsp3) is 0.125. The van der Waals surface area contributed by atoms with E-state index in [1.54, 1.807) is 12.1 Å². The highest BCUT2D eigenvalue weighted by atomic mass is 32.2. The Morgan fingerprint density at radius 1 is 0.848 bits per heavy atom. The molecule has 33 heavy (non-hydrogen) atoms. The number of anilines is 1. The van der Waals surface area contributed by atoms with Gasteiger partial charge in [0.1, 0.15) is 0 Å². The fourth-order valence-corrected chi connectivity index (χ4v) is 5.55. The van der Waals surface area contributed by atoms with Crippen molar-refractivity contribution in [1.82, 2.24) is 14.9 Å². The quantitative estimate of drug-likeness (QED) is 0.382. The minimum absolute atomic E-state index is 0.107. The van der Waals surface area contributed by atoms with Crippen LogP contribution in [0.25, 0.3) is 0 Å². The molecule has 1 unspecified atom stereocenters. The monoisotopic (exact) mass is 478 g/mol. The molecule has 168 valence electrons.